The molecule has 7 nitrogen and oxygen atoms in total. The summed E-state index contributed by atoms with van der Waals surface area (Å²) < 4.78 is 2.19. The Morgan fingerprint density at radius 3 is 2.57 bits per heavy atom. The maximum Gasteiger partial charge on any atom is 0.253 e. The molecule has 2 saturated carbocycles. The topological polar surface area (TPSA) is 88.9 Å². The molecule has 0 saturated heterocycles. The second kappa shape index (κ2) is 9.20. The van der Waals surface area contributed by atoms with Gasteiger partial charge in [0.15, 0.2) is 5.16 Å². The van der Waals surface area contributed by atoms with Gasteiger partial charge in [-0.2, -0.15) is 0 Å². The lowest BCUT2D eigenvalue weighted by atomic mass is 10.1. The maximum absolute atomic E-state index is 12.7. The van der Waals surface area contributed by atoms with Crippen molar-refractivity contribution in [3.05, 3.63) is 35.7 Å². The first-order chi connectivity index (χ1) is 14.5. The molecular weight excluding hydrogens is 398 g/mol. The van der Waals surface area contributed by atoms with Crippen molar-refractivity contribution in [1.82, 2.24) is 20.1 Å². The Balaban J connectivity index is 1.39. The van der Waals surface area contributed by atoms with Crippen molar-refractivity contribution in [2.75, 3.05) is 11.1 Å². The van der Waals surface area contributed by atoms with Crippen LogP contribution in [0.4, 0.5) is 5.69 Å². The third-order valence-electron chi connectivity index (χ3n) is 5.59. The van der Waals surface area contributed by atoms with Crippen LogP contribution in [0.2, 0.25) is 0 Å². The Morgan fingerprint density at radius 1 is 1.13 bits per heavy atom. The summed E-state index contributed by atoms with van der Waals surface area (Å²) in [5.74, 6) is 1.22. The predicted octanol–water partition coefficient (Wildman–Crippen LogP) is 4.14. The van der Waals surface area contributed by atoms with E-state index < -0.39 is 0 Å². The molecule has 0 radical (unpaired) electrons. The summed E-state index contributed by atoms with van der Waals surface area (Å²) in [6.07, 6.45) is 6.64. The number of hydrogen-bond donors (Lipinski definition) is 2. The van der Waals surface area contributed by atoms with Crippen LogP contribution in [0.25, 0.3) is 0 Å². The van der Waals surface area contributed by atoms with Gasteiger partial charge in [0.1, 0.15) is 5.82 Å². The zero-order valence-corrected chi connectivity index (χ0v) is 18.4. The van der Waals surface area contributed by atoms with Crippen LogP contribution in [0.3, 0.4) is 0 Å². The Hall–Kier alpha value is -2.35. The normalized spacial score (nSPS) is 16.8. The first-order valence-electron chi connectivity index (χ1n) is 10.8. The molecule has 160 valence electrons. The Labute approximate surface area is 181 Å². The number of nitrogens with zero attached hydrogens (tertiary/aromatic N) is 3. The lowest BCUT2D eigenvalue weighted by Gasteiger charge is -2.15. The number of carbonyl (C=O) groups excluding carboxylic acids is 2. The van der Waals surface area contributed by atoms with E-state index in [0.29, 0.717) is 23.2 Å². The Morgan fingerprint density at radius 2 is 1.87 bits per heavy atom. The van der Waals surface area contributed by atoms with E-state index in [1.807, 2.05) is 12.1 Å². The number of para-hydroxylation sites is 1. The highest BCUT2D eigenvalue weighted by Gasteiger charge is 2.30. The van der Waals surface area contributed by atoms with Gasteiger partial charge in [0.2, 0.25) is 5.91 Å². The van der Waals surface area contributed by atoms with Gasteiger partial charge in [0, 0.05) is 18.0 Å². The van der Waals surface area contributed by atoms with E-state index in [2.05, 4.69) is 39.2 Å². The largest absolute Gasteiger partial charge is 0.349 e. The van der Waals surface area contributed by atoms with Crippen LogP contribution in [0, 0.1) is 0 Å². The number of nitrogens with one attached hydrogen (secondary N) is 2. The van der Waals surface area contributed by atoms with Gasteiger partial charge in [-0.1, -0.05) is 50.6 Å². The second-order valence-corrected chi connectivity index (χ2v) is 9.38. The molecule has 0 bridgehead atoms. The van der Waals surface area contributed by atoms with Crippen molar-refractivity contribution < 1.29 is 9.59 Å². The van der Waals surface area contributed by atoms with Gasteiger partial charge in [-0.15, -0.1) is 10.2 Å². The molecule has 0 spiro atoms. The molecule has 0 unspecified atom stereocenters. The summed E-state index contributed by atoms with van der Waals surface area (Å²) >= 11 is 1.40. The van der Waals surface area contributed by atoms with Gasteiger partial charge < -0.3 is 15.2 Å². The first-order valence-corrected chi connectivity index (χ1v) is 11.8. The number of amides is 2. The van der Waals surface area contributed by atoms with Crippen molar-refractivity contribution in [1.29, 1.82) is 0 Å². The number of thioether (sulfide) groups is 1. The SMILES string of the molecule is CC(C)c1nnc(SCC(=O)Nc2ccccc2C(=O)NC2CCCC2)n1C1CC1. The summed E-state index contributed by atoms with van der Waals surface area (Å²) in [5.41, 5.74) is 1.05. The van der Waals surface area contributed by atoms with Crippen LogP contribution in [0.5, 0.6) is 0 Å². The van der Waals surface area contributed by atoms with Crippen molar-refractivity contribution in [2.24, 2.45) is 0 Å². The van der Waals surface area contributed by atoms with Crippen LogP contribution >= 0.6 is 11.8 Å². The fourth-order valence-electron chi connectivity index (χ4n) is 3.90. The highest BCUT2D eigenvalue weighted by Crippen LogP contribution is 2.40. The average Bonchev–Trinajstić information content (AvgIpc) is 3.25. The second-order valence-electron chi connectivity index (χ2n) is 8.43. The highest BCUT2D eigenvalue weighted by molar-refractivity contribution is 7.99. The van der Waals surface area contributed by atoms with Crippen molar-refractivity contribution >= 4 is 29.3 Å². The standard InChI is InChI=1S/C22H29N5O2S/c1-14(2)20-25-26-22(27(20)16-11-12-16)30-13-19(28)24-18-10-6-5-9-17(18)21(29)23-15-7-3-4-8-15/h5-6,9-10,14-16H,3-4,7-8,11-13H2,1-2H3,(H,23,29)(H,24,28). The van der Waals surface area contributed by atoms with E-state index in [0.717, 1.165) is 49.5 Å². The van der Waals surface area contributed by atoms with Crippen molar-refractivity contribution in [2.45, 2.75) is 75.5 Å². The van der Waals surface area contributed by atoms with Crippen LogP contribution in [0.15, 0.2) is 29.4 Å². The predicted molar refractivity (Wildman–Crippen MR) is 118 cm³/mol. The van der Waals surface area contributed by atoms with Gasteiger partial charge in [-0.25, -0.2) is 0 Å². The quantitative estimate of drug-likeness (QED) is 0.618. The number of benzene rings is 1. The number of aromatic nitrogens is 3. The van der Waals surface area contributed by atoms with Gasteiger partial charge in [-0.3, -0.25) is 9.59 Å². The van der Waals surface area contributed by atoms with Crippen molar-refractivity contribution in [3.8, 4) is 0 Å². The van der Waals surface area contributed by atoms with Crippen LogP contribution in [-0.2, 0) is 4.79 Å². The van der Waals surface area contributed by atoms with E-state index in [4.69, 9.17) is 0 Å². The molecule has 0 atom stereocenters. The van der Waals surface area contributed by atoms with Crippen LogP contribution in [-0.4, -0.2) is 38.4 Å². The van der Waals surface area contributed by atoms with E-state index in [-0.39, 0.29) is 23.6 Å². The summed E-state index contributed by atoms with van der Waals surface area (Å²) in [6.45, 7) is 4.22. The molecule has 2 amide bonds. The third-order valence-corrected chi connectivity index (χ3v) is 6.53. The van der Waals surface area contributed by atoms with E-state index in [1.165, 1.54) is 11.8 Å². The molecule has 2 N–H and O–H groups in total. The summed E-state index contributed by atoms with van der Waals surface area (Å²) in [5, 5.41) is 15.4. The summed E-state index contributed by atoms with van der Waals surface area (Å²) in [7, 11) is 0. The zero-order valence-electron chi connectivity index (χ0n) is 17.6. The van der Waals surface area contributed by atoms with Crippen LogP contribution < -0.4 is 10.6 Å². The van der Waals surface area contributed by atoms with Crippen molar-refractivity contribution in [3.63, 3.8) is 0 Å². The monoisotopic (exact) mass is 427 g/mol. The minimum Gasteiger partial charge on any atom is -0.349 e. The van der Waals surface area contributed by atoms with Gasteiger partial charge in [-0.05, 0) is 37.8 Å². The highest BCUT2D eigenvalue weighted by atomic mass is 32.2. The fraction of sp³-hybridized carbons (Fsp3) is 0.545. The smallest absolute Gasteiger partial charge is 0.253 e. The molecule has 30 heavy (non-hydrogen) atoms. The van der Waals surface area contributed by atoms with Gasteiger partial charge in [0.05, 0.1) is 17.0 Å². The molecule has 4 rings (SSSR count). The number of anilines is 1. The van der Waals surface area contributed by atoms with E-state index in [9.17, 15) is 9.59 Å². The minimum atomic E-state index is -0.155. The molecular formula is C22H29N5O2S. The molecule has 2 aliphatic rings. The Kier molecular flexibility index (Phi) is 6.41. The number of carbonyl (C=O) groups is 2. The molecule has 1 aromatic heterocycles. The Bertz CT molecular complexity index is 916. The number of hydrogen-bond acceptors (Lipinski definition) is 5. The van der Waals surface area contributed by atoms with Gasteiger partial charge >= 0.3 is 0 Å². The lowest BCUT2D eigenvalue weighted by molar-refractivity contribution is -0.113. The van der Waals surface area contributed by atoms with E-state index >= 15 is 0 Å². The molecule has 1 heterocycles. The average molecular weight is 428 g/mol. The third kappa shape index (κ3) is 4.86. The summed E-state index contributed by atoms with van der Waals surface area (Å²) in [4.78, 5) is 25.3. The molecule has 8 heteroatoms. The molecule has 2 fully saturated rings. The fourth-order valence-corrected chi connectivity index (χ4v) is 4.71. The first kappa shape index (κ1) is 20.9. The van der Waals surface area contributed by atoms with E-state index in [1.54, 1.807) is 12.1 Å². The van der Waals surface area contributed by atoms with Crippen LogP contribution in [0.1, 0.15) is 80.5 Å². The van der Waals surface area contributed by atoms with Gasteiger partial charge in [0.25, 0.3) is 5.91 Å². The molecule has 2 aromatic rings. The summed E-state index contributed by atoms with van der Waals surface area (Å²) in [6, 6.07) is 7.87. The number of rotatable bonds is 8. The zero-order chi connectivity index (χ0) is 21.1. The molecule has 1 aromatic carbocycles. The maximum atomic E-state index is 12.7. The minimum absolute atomic E-state index is 0.125. The molecule has 2 aliphatic carbocycles. The lowest BCUT2D eigenvalue weighted by Crippen LogP contribution is -2.33. The molecule has 0 aliphatic heterocycles.